The number of likely N-dealkylation sites (tertiary alicyclic amines) is 1. The summed E-state index contributed by atoms with van der Waals surface area (Å²) in [6, 6.07) is 1.55. The normalized spacial score (nSPS) is 24.2. The molecule has 0 bridgehead atoms. The van der Waals surface area contributed by atoms with Crippen LogP contribution in [0.5, 0.6) is 0 Å². The molecule has 3 rings (SSSR count). The van der Waals surface area contributed by atoms with Gasteiger partial charge in [0.1, 0.15) is 0 Å². The van der Waals surface area contributed by atoms with Gasteiger partial charge in [-0.1, -0.05) is 0 Å². The van der Waals surface area contributed by atoms with Crippen LogP contribution in [-0.4, -0.2) is 60.7 Å². The molecule has 1 aromatic heterocycles. The Morgan fingerprint density at radius 1 is 1.48 bits per heavy atom. The maximum Gasteiger partial charge on any atom is 0.252 e. The maximum absolute atomic E-state index is 12.4. The molecule has 1 amide bonds. The standard InChI is InChI=1S/C16H24N4O3/c1-19(2)16-17-13(9-14(21)18-16)11-5-6-20(10-11)15(22)8-12-4-3-7-23-12/h9,11-12H,3-8,10H2,1-2H3,(H,17,18,21)/t11-,12+/m1/s1. The predicted molar refractivity (Wildman–Crippen MR) is 86.7 cm³/mol. The van der Waals surface area contributed by atoms with Crippen molar-refractivity contribution in [1.29, 1.82) is 0 Å². The summed E-state index contributed by atoms with van der Waals surface area (Å²) in [5, 5.41) is 0. The van der Waals surface area contributed by atoms with Crippen LogP contribution in [0.1, 0.15) is 37.3 Å². The van der Waals surface area contributed by atoms with Crippen molar-refractivity contribution in [2.75, 3.05) is 38.7 Å². The molecule has 23 heavy (non-hydrogen) atoms. The second-order valence-electron chi connectivity index (χ2n) is 6.55. The van der Waals surface area contributed by atoms with Crippen LogP contribution in [0, 0.1) is 0 Å². The molecule has 0 aliphatic carbocycles. The Hall–Kier alpha value is -1.89. The molecule has 126 valence electrons. The van der Waals surface area contributed by atoms with E-state index in [1.54, 1.807) is 11.0 Å². The van der Waals surface area contributed by atoms with Crippen molar-refractivity contribution in [2.24, 2.45) is 0 Å². The molecule has 3 heterocycles. The van der Waals surface area contributed by atoms with E-state index in [9.17, 15) is 9.59 Å². The number of hydrogen-bond acceptors (Lipinski definition) is 5. The minimum absolute atomic E-state index is 0.0830. The van der Waals surface area contributed by atoms with Gasteiger partial charge in [-0.25, -0.2) is 4.98 Å². The van der Waals surface area contributed by atoms with Gasteiger partial charge in [0.2, 0.25) is 11.9 Å². The number of aromatic amines is 1. The van der Waals surface area contributed by atoms with Crippen LogP contribution in [0.4, 0.5) is 5.95 Å². The van der Waals surface area contributed by atoms with Crippen molar-refractivity contribution in [3.05, 3.63) is 22.1 Å². The van der Waals surface area contributed by atoms with Crippen LogP contribution in [0.3, 0.4) is 0 Å². The summed E-state index contributed by atoms with van der Waals surface area (Å²) in [6.45, 7) is 2.13. The Labute approximate surface area is 135 Å². The van der Waals surface area contributed by atoms with Crippen molar-refractivity contribution < 1.29 is 9.53 Å². The van der Waals surface area contributed by atoms with E-state index in [-0.39, 0.29) is 23.5 Å². The Bertz CT molecular complexity index is 622. The highest BCUT2D eigenvalue weighted by Gasteiger charge is 2.30. The SMILES string of the molecule is CN(C)c1nc([C@@H]2CCN(C(=O)C[C@@H]3CCCO3)C2)cc(=O)[nH]1. The van der Waals surface area contributed by atoms with Crippen LogP contribution in [0.25, 0.3) is 0 Å². The van der Waals surface area contributed by atoms with E-state index in [0.717, 1.165) is 38.1 Å². The van der Waals surface area contributed by atoms with Gasteiger partial charge in [0.25, 0.3) is 5.56 Å². The number of amides is 1. The number of hydrogen-bond donors (Lipinski definition) is 1. The van der Waals surface area contributed by atoms with Crippen LogP contribution >= 0.6 is 0 Å². The number of nitrogens with one attached hydrogen (secondary N) is 1. The molecule has 2 atom stereocenters. The van der Waals surface area contributed by atoms with Gasteiger partial charge in [-0.05, 0) is 19.3 Å². The van der Waals surface area contributed by atoms with E-state index < -0.39 is 0 Å². The maximum atomic E-state index is 12.4. The number of ether oxygens (including phenoxy) is 1. The lowest BCUT2D eigenvalue weighted by atomic mass is 10.0. The summed E-state index contributed by atoms with van der Waals surface area (Å²) in [7, 11) is 3.68. The Morgan fingerprint density at radius 2 is 2.30 bits per heavy atom. The second kappa shape index (κ2) is 6.70. The lowest BCUT2D eigenvalue weighted by Gasteiger charge is -2.19. The Balaban J connectivity index is 1.65. The van der Waals surface area contributed by atoms with Gasteiger partial charge in [-0.2, -0.15) is 0 Å². The van der Waals surface area contributed by atoms with Gasteiger partial charge in [0, 0.05) is 45.8 Å². The molecule has 0 unspecified atom stereocenters. The number of carbonyl (C=O) groups is 1. The van der Waals surface area contributed by atoms with Gasteiger partial charge in [0.15, 0.2) is 0 Å². The molecule has 0 radical (unpaired) electrons. The number of anilines is 1. The van der Waals surface area contributed by atoms with Crippen LogP contribution in [0.2, 0.25) is 0 Å². The Morgan fingerprint density at radius 3 is 3.00 bits per heavy atom. The number of carbonyl (C=O) groups excluding carboxylic acids is 1. The lowest BCUT2D eigenvalue weighted by Crippen LogP contribution is -2.31. The summed E-state index contributed by atoms with van der Waals surface area (Å²) in [6.07, 6.45) is 3.42. The van der Waals surface area contributed by atoms with E-state index >= 15 is 0 Å². The highest BCUT2D eigenvalue weighted by Crippen LogP contribution is 2.27. The molecule has 2 fully saturated rings. The van der Waals surface area contributed by atoms with E-state index in [0.29, 0.717) is 18.9 Å². The molecule has 2 aliphatic rings. The van der Waals surface area contributed by atoms with Crippen LogP contribution < -0.4 is 10.5 Å². The highest BCUT2D eigenvalue weighted by molar-refractivity contribution is 5.77. The summed E-state index contributed by atoms with van der Waals surface area (Å²) >= 11 is 0. The first-order valence-corrected chi connectivity index (χ1v) is 8.21. The third kappa shape index (κ3) is 3.72. The van der Waals surface area contributed by atoms with Gasteiger partial charge in [-0.3, -0.25) is 14.6 Å². The highest BCUT2D eigenvalue weighted by atomic mass is 16.5. The lowest BCUT2D eigenvalue weighted by molar-refractivity contribution is -0.132. The van der Waals surface area contributed by atoms with E-state index in [4.69, 9.17) is 4.74 Å². The minimum Gasteiger partial charge on any atom is -0.378 e. The molecule has 1 aromatic rings. The summed E-state index contributed by atoms with van der Waals surface area (Å²) in [4.78, 5) is 35.1. The molecule has 7 heteroatoms. The number of H-pyrrole nitrogens is 1. The van der Waals surface area contributed by atoms with Crippen molar-refractivity contribution in [2.45, 2.75) is 37.7 Å². The zero-order valence-corrected chi connectivity index (χ0v) is 13.7. The molecular formula is C16H24N4O3. The molecule has 1 N–H and O–H groups in total. The quantitative estimate of drug-likeness (QED) is 0.884. The third-order valence-electron chi connectivity index (χ3n) is 4.56. The first-order valence-electron chi connectivity index (χ1n) is 8.21. The topological polar surface area (TPSA) is 78.5 Å². The first kappa shape index (κ1) is 16.0. The molecule has 2 aliphatic heterocycles. The van der Waals surface area contributed by atoms with Crippen LogP contribution in [0.15, 0.2) is 10.9 Å². The predicted octanol–water partition coefficient (Wildman–Crippen LogP) is 0.721. The Kier molecular flexibility index (Phi) is 4.66. The molecular weight excluding hydrogens is 296 g/mol. The summed E-state index contributed by atoms with van der Waals surface area (Å²) in [5.41, 5.74) is 0.618. The largest absolute Gasteiger partial charge is 0.378 e. The second-order valence-corrected chi connectivity index (χ2v) is 6.55. The average molecular weight is 320 g/mol. The third-order valence-corrected chi connectivity index (χ3v) is 4.56. The first-order chi connectivity index (χ1) is 11.0. The summed E-state index contributed by atoms with van der Waals surface area (Å²) in [5.74, 6) is 0.832. The molecule has 0 aromatic carbocycles. The van der Waals surface area contributed by atoms with Crippen molar-refractivity contribution in [3.8, 4) is 0 Å². The van der Waals surface area contributed by atoms with E-state index in [2.05, 4.69) is 9.97 Å². The molecule has 0 spiro atoms. The number of nitrogens with zero attached hydrogens (tertiary/aromatic N) is 3. The van der Waals surface area contributed by atoms with Crippen LogP contribution in [-0.2, 0) is 9.53 Å². The van der Waals surface area contributed by atoms with E-state index in [1.165, 1.54) is 0 Å². The molecule has 2 saturated heterocycles. The van der Waals surface area contributed by atoms with Crippen molar-refractivity contribution >= 4 is 11.9 Å². The van der Waals surface area contributed by atoms with E-state index in [1.807, 2.05) is 19.0 Å². The van der Waals surface area contributed by atoms with Crippen molar-refractivity contribution in [1.82, 2.24) is 14.9 Å². The van der Waals surface area contributed by atoms with Gasteiger partial charge >= 0.3 is 0 Å². The zero-order chi connectivity index (χ0) is 16.4. The number of rotatable bonds is 4. The van der Waals surface area contributed by atoms with Gasteiger partial charge < -0.3 is 14.5 Å². The van der Waals surface area contributed by atoms with Gasteiger partial charge in [0.05, 0.1) is 18.2 Å². The molecule has 7 nitrogen and oxygen atoms in total. The van der Waals surface area contributed by atoms with Gasteiger partial charge in [-0.15, -0.1) is 0 Å². The zero-order valence-electron chi connectivity index (χ0n) is 13.7. The fourth-order valence-corrected chi connectivity index (χ4v) is 3.24. The smallest absolute Gasteiger partial charge is 0.252 e. The van der Waals surface area contributed by atoms with Crippen molar-refractivity contribution in [3.63, 3.8) is 0 Å². The monoisotopic (exact) mass is 320 g/mol. The average Bonchev–Trinajstić information content (AvgIpc) is 3.17. The summed E-state index contributed by atoms with van der Waals surface area (Å²) < 4.78 is 5.54. The minimum atomic E-state index is -0.150. The fourth-order valence-electron chi connectivity index (χ4n) is 3.24. The molecule has 0 saturated carbocycles. The number of aromatic nitrogens is 2. The fraction of sp³-hybridized carbons (Fsp3) is 0.688.